The first kappa shape index (κ1) is 11.8. The van der Waals surface area contributed by atoms with Gasteiger partial charge in [-0.1, -0.05) is 0 Å². The number of ether oxygens (including phenoxy) is 2. The Morgan fingerprint density at radius 2 is 2.43 bits per heavy atom. The first-order valence-corrected chi connectivity index (χ1v) is 5.82. The third-order valence-electron chi connectivity index (χ3n) is 1.98. The Hall–Kier alpha value is -0.260. The van der Waals surface area contributed by atoms with Gasteiger partial charge in [-0.3, -0.25) is 0 Å². The van der Waals surface area contributed by atoms with Crippen LogP contribution in [0.1, 0.15) is 13.3 Å². The van der Waals surface area contributed by atoms with Crippen LogP contribution in [0.3, 0.4) is 0 Å². The molecule has 0 aromatic rings. The molecule has 0 spiro atoms. The summed E-state index contributed by atoms with van der Waals surface area (Å²) in [6.07, 6.45) is -0.0712. The first-order valence-electron chi connectivity index (χ1n) is 4.77. The van der Waals surface area contributed by atoms with Crippen LogP contribution in [0.25, 0.3) is 0 Å². The van der Waals surface area contributed by atoms with Gasteiger partial charge in [0.15, 0.2) is 6.10 Å². The van der Waals surface area contributed by atoms with E-state index < -0.39 is 12.1 Å². The molecule has 0 radical (unpaired) electrons. The van der Waals surface area contributed by atoms with Gasteiger partial charge in [0.25, 0.3) is 0 Å². The van der Waals surface area contributed by atoms with Crippen molar-refractivity contribution in [3.63, 3.8) is 0 Å². The molecule has 1 heterocycles. The second-order valence-electron chi connectivity index (χ2n) is 3.10. The molecular weight excluding hydrogens is 204 g/mol. The molecule has 0 saturated carbocycles. The van der Waals surface area contributed by atoms with E-state index in [0.717, 1.165) is 19.0 Å². The van der Waals surface area contributed by atoms with E-state index in [0.29, 0.717) is 18.3 Å². The zero-order valence-corrected chi connectivity index (χ0v) is 9.09. The lowest BCUT2D eigenvalue weighted by molar-refractivity contribution is -0.150. The predicted octanol–water partition coefficient (Wildman–Crippen LogP) is 0.998. The molecule has 1 N–H and O–H groups in total. The Balaban J connectivity index is 2.08. The Morgan fingerprint density at radius 3 is 2.86 bits per heavy atom. The lowest BCUT2D eigenvalue weighted by Gasteiger charge is -2.25. The van der Waals surface area contributed by atoms with Crippen LogP contribution < -0.4 is 0 Å². The van der Waals surface area contributed by atoms with Crippen LogP contribution in [0.15, 0.2) is 0 Å². The van der Waals surface area contributed by atoms with Crippen molar-refractivity contribution in [2.24, 2.45) is 0 Å². The van der Waals surface area contributed by atoms with Gasteiger partial charge in [-0.2, -0.15) is 11.8 Å². The quantitative estimate of drug-likeness (QED) is 0.693. The summed E-state index contributed by atoms with van der Waals surface area (Å²) in [6.45, 7) is 3.87. The monoisotopic (exact) mass is 220 g/mol. The smallest absolute Gasteiger partial charge is 0.332 e. The second kappa shape index (κ2) is 6.27. The van der Waals surface area contributed by atoms with Gasteiger partial charge < -0.3 is 14.6 Å². The molecule has 0 bridgehead atoms. The van der Waals surface area contributed by atoms with E-state index in [2.05, 4.69) is 0 Å². The molecule has 5 heteroatoms. The number of hydrogen-bond donors (Lipinski definition) is 1. The van der Waals surface area contributed by atoms with Crippen molar-refractivity contribution in [3.05, 3.63) is 0 Å². The molecule has 1 saturated heterocycles. The minimum absolute atomic E-state index is 0.453. The van der Waals surface area contributed by atoms with E-state index in [4.69, 9.17) is 14.6 Å². The molecule has 1 unspecified atom stereocenters. The van der Waals surface area contributed by atoms with E-state index in [1.165, 1.54) is 0 Å². The third kappa shape index (κ3) is 3.86. The fourth-order valence-electron chi connectivity index (χ4n) is 1.13. The summed E-state index contributed by atoms with van der Waals surface area (Å²) in [5.41, 5.74) is 0. The van der Waals surface area contributed by atoms with E-state index in [1.54, 1.807) is 11.8 Å². The van der Waals surface area contributed by atoms with Crippen molar-refractivity contribution in [2.45, 2.75) is 24.7 Å². The fourth-order valence-corrected chi connectivity index (χ4v) is 2.20. The average molecular weight is 220 g/mol. The van der Waals surface area contributed by atoms with Gasteiger partial charge in [0.2, 0.25) is 0 Å². The molecule has 1 aliphatic rings. The number of carboxylic acid groups (broad SMARTS) is 1. The van der Waals surface area contributed by atoms with Crippen LogP contribution in [0.5, 0.6) is 0 Å². The Bertz CT molecular complexity index is 182. The topological polar surface area (TPSA) is 55.8 Å². The largest absolute Gasteiger partial charge is 0.479 e. The van der Waals surface area contributed by atoms with Crippen LogP contribution in [0.4, 0.5) is 0 Å². The normalized spacial score (nSPS) is 18.9. The summed E-state index contributed by atoms with van der Waals surface area (Å²) in [6, 6.07) is 0. The number of thioether (sulfide) groups is 1. The molecule has 0 aromatic heterocycles. The van der Waals surface area contributed by atoms with Gasteiger partial charge in [0.1, 0.15) is 0 Å². The zero-order valence-electron chi connectivity index (χ0n) is 8.27. The van der Waals surface area contributed by atoms with E-state index in [9.17, 15) is 4.79 Å². The summed E-state index contributed by atoms with van der Waals surface area (Å²) in [5.74, 6) is -0.0392. The first-order chi connectivity index (χ1) is 6.74. The Labute approximate surface area is 88.0 Å². The van der Waals surface area contributed by atoms with Crippen molar-refractivity contribution < 1.29 is 19.4 Å². The van der Waals surface area contributed by atoms with Crippen LogP contribution in [0, 0.1) is 0 Å². The summed E-state index contributed by atoms with van der Waals surface area (Å²) in [7, 11) is 0. The SMILES string of the molecule is CCOC(CCSC1COC1)C(=O)O. The van der Waals surface area contributed by atoms with Crippen molar-refractivity contribution in [3.8, 4) is 0 Å². The number of rotatable bonds is 7. The van der Waals surface area contributed by atoms with Crippen LogP contribution in [-0.4, -0.2) is 48.0 Å². The molecule has 1 rings (SSSR count). The average Bonchev–Trinajstić information content (AvgIpc) is 2.06. The predicted molar refractivity (Wildman–Crippen MR) is 54.7 cm³/mol. The molecule has 1 aliphatic heterocycles. The molecule has 4 nitrogen and oxygen atoms in total. The molecule has 14 heavy (non-hydrogen) atoms. The lowest BCUT2D eigenvalue weighted by Crippen LogP contribution is -2.31. The fraction of sp³-hybridized carbons (Fsp3) is 0.889. The van der Waals surface area contributed by atoms with Crippen molar-refractivity contribution in [2.75, 3.05) is 25.6 Å². The standard InChI is InChI=1S/C9H16O4S/c1-2-13-8(9(10)11)3-4-14-7-5-12-6-7/h7-8H,2-6H2,1H3,(H,10,11). The Morgan fingerprint density at radius 1 is 1.71 bits per heavy atom. The maximum Gasteiger partial charge on any atom is 0.332 e. The van der Waals surface area contributed by atoms with Crippen LogP contribution >= 0.6 is 11.8 Å². The van der Waals surface area contributed by atoms with Crippen molar-refractivity contribution >= 4 is 17.7 Å². The summed E-state index contributed by atoms with van der Waals surface area (Å²) in [5, 5.41) is 9.34. The highest BCUT2D eigenvalue weighted by Gasteiger charge is 2.21. The molecule has 0 aliphatic carbocycles. The van der Waals surface area contributed by atoms with Gasteiger partial charge in [-0.05, 0) is 19.1 Å². The number of hydrogen-bond acceptors (Lipinski definition) is 4. The van der Waals surface area contributed by atoms with Crippen molar-refractivity contribution in [1.82, 2.24) is 0 Å². The summed E-state index contributed by atoms with van der Waals surface area (Å²) < 4.78 is 10.1. The van der Waals surface area contributed by atoms with Gasteiger partial charge in [-0.15, -0.1) is 0 Å². The van der Waals surface area contributed by atoms with Gasteiger partial charge >= 0.3 is 5.97 Å². The van der Waals surface area contributed by atoms with Gasteiger partial charge in [0, 0.05) is 6.61 Å². The zero-order chi connectivity index (χ0) is 10.4. The maximum atomic E-state index is 10.7. The van der Waals surface area contributed by atoms with E-state index in [-0.39, 0.29) is 0 Å². The second-order valence-corrected chi connectivity index (χ2v) is 4.51. The van der Waals surface area contributed by atoms with E-state index in [1.807, 2.05) is 6.92 Å². The van der Waals surface area contributed by atoms with Gasteiger partial charge in [-0.25, -0.2) is 4.79 Å². The molecule has 1 atom stereocenters. The number of aliphatic carboxylic acids is 1. The summed E-state index contributed by atoms with van der Waals surface area (Å²) in [4.78, 5) is 10.7. The minimum atomic E-state index is -0.864. The molecule has 1 fully saturated rings. The highest BCUT2D eigenvalue weighted by atomic mass is 32.2. The summed E-state index contributed by atoms with van der Waals surface area (Å²) >= 11 is 1.77. The molecule has 82 valence electrons. The van der Waals surface area contributed by atoms with Gasteiger partial charge in [0.05, 0.1) is 18.5 Å². The lowest BCUT2D eigenvalue weighted by atomic mass is 10.3. The van der Waals surface area contributed by atoms with Crippen LogP contribution in [-0.2, 0) is 14.3 Å². The van der Waals surface area contributed by atoms with Crippen LogP contribution in [0.2, 0.25) is 0 Å². The van der Waals surface area contributed by atoms with E-state index >= 15 is 0 Å². The maximum absolute atomic E-state index is 10.7. The third-order valence-corrected chi connectivity index (χ3v) is 3.20. The Kier molecular flexibility index (Phi) is 5.29. The number of carboxylic acids is 1. The molecular formula is C9H16O4S. The van der Waals surface area contributed by atoms with Crippen molar-refractivity contribution in [1.29, 1.82) is 0 Å². The molecule has 0 amide bonds. The molecule has 0 aromatic carbocycles. The number of carbonyl (C=O) groups is 1. The highest BCUT2D eigenvalue weighted by molar-refractivity contribution is 8.00. The highest BCUT2D eigenvalue weighted by Crippen LogP contribution is 2.20. The minimum Gasteiger partial charge on any atom is -0.479 e.